The van der Waals surface area contributed by atoms with Crippen LogP contribution >= 0.6 is 22.9 Å². The van der Waals surface area contributed by atoms with E-state index >= 15 is 0 Å². The van der Waals surface area contributed by atoms with Gasteiger partial charge in [0.1, 0.15) is 10.6 Å². The van der Waals surface area contributed by atoms with Crippen molar-refractivity contribution >= 4 is 28.8 Å². The number of amides is 1. The van der Waals surface area contributed by atoms with Gasteiger partial charge in [0.15, 0.2) is 0 Å². The summed E-state index contributed by atoms with van der Waals surface area (Å²) in [7, 11) is 2.08. The minimum atomic E-state index is 0.0616. The topological polar surface area (TPSA) is 49.3 Å². The van der Waals surface area contributed by atoms with E-state index in [2.05, 4.69) is 21.5 Å². The molecule has 1 fully saturated rings. The third kappa shape index (κ3) is 2.54. The summed E-state index contributed by atoms with van der Waals surface area (Å²) < 4.78 is 3.95. The second-order valence-electron chi connectivity index (χ2n) is 4.52. The maximum atomic E-state index is 12.5. The van der Waals surface area contributed by atoms with Crippen LogP contribution in [0.3, 0.4) is 0 Å². The summed E-state index contributed by atoms with van der Waals surface area (Å²) in [5.41, 5.74) is 0.726. The first-order valence-electron chi connectivity index (χ1n) is 6.10. The fraction of sp³-hybridized carbons (Fsp3) is 0.417. The molecule has 19 heavy (non-hydrogen) atoms. The van der Waals surface area contributed by atoms with E-state index in [1.165, 1.54) is 11.5 Å². The lowest BCUT2D eigenvalue weighted by Gasteiger charge is -2.32. The van der Waals surface area contributed by atoms with Gasteiger partial charge in [0.25, 0.3) is 5.91 Å². The van der Waals surface area contributed by atoms with E-state index in [0.29, 0.717) is 4.88 Å². The highest BCUT2D eigenvalue weighted by atomic mass is 32.1. The van der Waals surface area contributed by atoms with Crippen LogP contribution in [-0.4, -0.2) is 58.5 Å². The van der Waals surface area contributed by atoms with Gasteiger partial charge in [-0.15, -0.1) is 16.4 Å². The van der Waals surface area contributed by atoms with Gasteiger partial charge < -0.3 is 9.80 Å². The lowest BCUT2D eigenvalue weighted by molar-refractivity contribution is 0.0669. The molecule has 0 saturated carbocycles. The quantitative estimate of drug-likeness (QED) is 0.845. The van der Waals surface area contributed by atoms with E-state index in [0.717, 1.165) is 36.8 Å². The Labute approximate surface area is 119 Å². The van der Waals surface area contributed by atoms with Crippen LogP contribution in [0, 0.1) is 0 Å². The van der Waals surface area contributed by atoms with Gasteiger partial charge >= 0.3 is 0 Å². The van der Waals surface area contributed by atoms with Crippen molar-refractivity contribution in [2.75, 3.05) is 33.2 Å². The zero-order valence-corrected chi connectivity index (χ0v) is 12.2. The van der Waals surface area contributed by atoms with Gasteiger partial charge in [0.05, 0.1) is 4.88 Å². The van der Waals surface area contributed by atoms with Crippen molar-refractivity contribution in [3.05, 3.63) is 22.4 Å². The predicted molar refractivity (Wildman–Crippen MR) is 76.6 cm³/mol. The standard InChI is InChI=1S/C12H14N4OS2/c1-15-4-6-16(7-5-15)12(17)11-10(13-14-19-11)9-3-2-8-18-9/h2-3,8H,4-7H2,1H3. The Morgan fingerprint density at radius 3 is 2.79 bits per heavy atom. The van der Waals surface area contributed by atoms with Crippen LogP contribution in [0.4, 0.5) is 0 Å². The molecule has 0 atom stereocenters. The summed E-state index contributed by atoms with van der Waals surface area (Å²) in [5.74, 6) is 0.0616. The van der Waals surface area contributed by atoms with E-state index in [9.17, 15) is 4.79 Å². The molecule has 0 bridgehead atoms. The summed E-state index contributed by atoms with van der Waals surface area (Å²) in [6.45, 7) is 3.40. The Kier molecular flexibility index (Phi) is 3.58. The van der Waals surface area contributed by atoms with Gasteiger partial charge in [-0.1, -0.05) is 10.6 Å². The summed E-state index contributed by atoms with van der Waals surface area (Å²) in [4.78, 5) is 18.3. The molecule has 5 nitrogen and oxygen atoms in total. The first-order chi connectivity index (χ1) is 9.25. The number of carbonyl (C=O) groups is 1. The smallest absolute Gasteiger partial charge is 0.268 e. The maximum absolute atomic E-state index is 12.5. The SMILES string of the molecule is CN1CCN(C(=O)c2snnc2-c2cccs2)CC1. The Morgan fingerprint density at radius 1 is 1.32 bits per heavy atom. The van der Waals surface area contributed by atoms with Crippen molar-refractivity contribution in [1.82, 2.24) is 19.4 Å². The Morgan fingerprint density at radius 2 is 2.11 bits per heavy atom. The number of likely N-dealkylation sites (N-methyl/N-ethyl adjacent to an activating group) is 1. The minimum Gasteiger partial charge on any atom is -0.335 e. The zero-order chi connectivity index (χ0) is 13.2. The van der Waals surface area contributed by atoms with E-state index in [-0.39, 0.29) is 5.91 Å². The van der Waals surface area contributed by atoms with Crippen molar-refractivity contribution < 1.29 is 4.79 Å². The molecule has 0 aliphatic carbocycles. The molecule has 3 heterocycles. The van der Waals surface area contributed by atoms with Gasteiger partial charge in [-0.2, -0.15) is 0 Å². The third-order valence-corrected chi connectivity index (χ3v) is 4.82. The average molecular weight is 294 g/mol. The maximum Gasteiger partial charge on any atom is 0.268 e. The molecule has 7 heteroatoms. The molecule has 0 spiro atoms. The number of thiophene rings is 1. The normalized spacial score (nSPS) is 16.8. The highest BCUT2D eigenvalue weighted by Crippen LogP contribution is 2.28. The number of rotatable bonds is 2. The minimum absolute atomic E-state index is 0.0616. The van der Waals surface area contributed by atoms with Crippen LogP contribution in [0.15, 0.2) is 17.5 Å². The van der Waals surface area contributed by atoms with Crippen LogP contribution in [0.2, 0.25) is 0 Å². The van der Waals surface area contributed by atoms with Gasteiger partial charge in [-0.05, 0) is 30.0 Å². The van der Waals surface area contributed by atoms with Crippen molar-refractivity contribution in [3.8, 4) is 10.6 Å². The highest BCUT2D eigenvalue weighted by molar-refractivity contribution is 7.14. The van der Waals surface area contributed by atoms with Crippen LogP contribution in [0.1, 0.15) is 9.67 Å². The lowest BCUT2D eigenvalue weighted by atomic mass is 10.2. The lowest BCUT2D eigenvalue weighted by Crippen LogP contribution is -2.47. The molecule has 1 aliphatic rings. The van der Waals surface area contributed by atoms with Gasteiger partial charge in [0.2, 0.25) is 0 Å². The molecule has 0 aromatic carbocycles. The van der Waals surface area contributed by atoms with Gasteiger partial charge in [-0.25, -0.2) is 0 Å². The number of nitrogens with zero attached hydrogens (tertiary/aromatic N) is 4. The molecular weight excluding hydrogens is 280 g/mol. The molecule has 0 N–H and O–H groups in total. The molecule has 1 amide bonds. The van der Waals surface area contributed by atoms with E-state index in [4.69, 9.17) is 0 Å². The van der Waals surface area contributed by atoms with Gasteiger partial charge in [0, 0.05) is 26.2 Å². The molecule has 2 aromatic heterocycles. The summed E-state index contributed by atoms with van der Waals surface area (Å²) >= 11 is 2.78. The second kappa shape index (κ2) is 5.36. The molecule has 100 valence electrons. The molecule has 1 saturated heterocycles. The number of hydrogen-bond acceptors (Lipinski definition) is 6. The monoisotopic (exact) mass is 294 g/mol. The molecule has 0 radical (unpaired) electrons. The van der Waals surface area contributed by atoms with Crippen molar-refractivity contribution in [1.29, 1.82) is 0 Å². The number of carbonyl (C=O) groups excluding carboxylic acids is 1. The van der Waals surface area contributed by atoms with E-state index in [1.54, 1.807) is 11.3 Å². The summed E-state index contributed by atoms with van der Waals surface area (Å²) in [5, 5.41) is 6.10. The molecule has 0 unspecified atom stereocenters. The molecule has 3 rings (SSSR count). The van der Waals surface area contributed by atoms with E-state index < -0.39 is 0 Å². The number of hydrogen-bond donors (Lipinski definition) is 0. The largest absolute Gasteiger partial charge is 0.335 e. The third-order valence-electron chi connectivity index (χ3n) is 3.23. The Hall–Kier alpha value is -1.31. The van der Waals surface area contributed by atoms with Crippen LogP contribution < -0.4 is 0 Å². The Bertz CT molecular complexity index is 558. The number of aromatic nitrogens is 2. The fourth-order valence-electron chi connectivity index (χ4n) is 2.06. The molecular formula is C12H14N4OS2. The van der Waals surface area contributed by atoms with Crippen LogP contribution in [0.25, 0.3) is 10.6 Å². The highest BCUT2D eigenvalue weighted by Gasteiger charge is 2.25. The number of piperazine rings is 1. The predicted octanol–water partition coefficient (Wildman–Crippen LogP) is 1.65. The van der Waals surface area contributed by atoms with E-state index in [1.807, 2.05) is 22.4 Å². The molecule has 1 aliphatic heterocycles. The first-order valence-corrected chi connectivity index (χ1v) is 7.75. The van der Waals surface area contributed by atoms with Crippen molar-refractivity contribution in [3.63, 3.8) is 0 Å². The molecule has 2 aromatic rings. The second-order valence-corrected chi connectivity index (χ2v) is 6.23. The first kappa shape index (κ1) is 12.7. The fourth-order valence-corrected chi connectivity index (χ4v) is 3.49. The van der Waals surface area contributed by atoms with Crippen LogP contribution in [-0.2, 0) is 0 Å². The van der Waals surface area contributed by atoms with Crippen LogP contribution in [0.5, 0.6) is 0 Å². The summed E-state index contributed by atoms with van der Waals surface area (Å²) in [6.07, 6.45) is 0. The Balaban J connectivity index is 1.83. The van der Waals surface area contributed by atoms with Crippen molar-refractivity contribution in [2.24, 2.45) is 0 Å². The average Bonchev–Trinajstić information content (AvgIpc) is 3.09. The summed E-state index contributed by atoms with van der Waals surface area (Å²) in [6, 6.07) is 3.94. The zero-order valence-electron chi connectivity index (χ0n) is 10.6. The van der Waals surface area contributed by atoms with Gasteiger partial charge in [-0.3, -0.25) is 4.79 Å². The van der Waals surface area contributed by atoms with Crippen molar-refractivity contribution in [2.45, 2.75) is 0 Å².